The van der Waals surface area contributed by atoms with Crippen LogP contribution in [0.25, 0.3) is 0 Å². The zero-order chi connectivity index (χ0) is 17.1. The zero-order valence-electron chi connectivity index (χ0n) is 13.8. The Morgan fingerprint density at radius 3 is 2.88 bits per heavy atom. The standard InChI is InChI=1S/C17H21N5O2/c1-11-4-3-5-13(8-11)17(24)20-12(2)16(23)18-9-15-21-19-10-22(15)14-6-7-14/h3-5,8,10,12,14H,6-7,9H2,1-2H3,(H,18,23)(H,20,24)/t12-/m0/s1. The molecule has 7 heteroatoms. The first-order valence-electron chi connectivity index (χ1n) is 8.08. The van der Waals surface area contributed by atoms with E-state index in [2.05, 4.69) is 20.8 Å². The lowest BCUT2D eigenvalue weighted by Gasteiger charge is -2.14. The number of aromatic nitrogens is 3. The van der Waals surface area contributed by atoms with Crippen molar-refractivity contribution in [2.45, 2.75) is 45.3 Å². The molecule has 0 saturated heterocycles. The molecule has 24 heavy (non-hydrogen) atoms. The van der Waals surface area contributed by atoms with Gasteiger partial charge in [-0.2, -0.15) is 0 Å². The van der Waals surface area contributed by atoms with Crippen LogP contribution in [0.1, 0.15) is 47.6 Å². The largest absolute Gasteiger partial charge is 0.347 e. The Morgan fingerprint density at radius 1 is 1.38 bits per heavy atom. The molecule has 0 unspecified atom stereocenters. The fourth-order valence-corrected chi connectivity index (χ4v) is 2.50. The third kappa shape index (κ3) is 3.79. The molecule has 1 aliphatic rings. The fourth-order valence-electron chi connectivity index (χ4n) is 2.50. The highest BCUT2D eigenvalue weighted by Crippen LogP contribution is 2.35. The van der Waals surface area contributed by atoms with E-state index in [1.54, 1.807) is 25.4 Å². The summed E-state index contributed by atoms with van der Waals surface area (Å²) in [7, 11) is 0. The number of aryl methyl sites for hydroxylation is 1. The van der Waals surface area contributed by atoms with Crippen molar-refractivity contribution in [1.29, 1.82) is 0 Å². The van der Waals surface area contributed by atoms with Gasteiger partial charge in [-0.05, 0) is 38.8 Å². The van der Waals surface area contributed by atoms with Crippen LogP contribution in [0.4, 0.5) is 0 Å². The third-order valence-corrected chi connectivity index (χ3v) is 4.03. The van der Waals surface area contributed by atoms with E-state index in [-0.39, 0.29) is 11.8 Å². The number of benzene rings is 1. The normalized spacial score (nSPS) is 14.9. The topological polar surface area (TPSA) is 88.9 Å². The molecular formula is C17H21N5O2. The van der Waals surface area contributed by atoms with E-state index in [1.807, 2.05) is 23.6 Å². The summed E-state index contributed by atoms with van der Waals surface area (Å²) < 4.78 is 2.00. The second-order valence-electron chi connectivity index (χ2n) is 6.17. The second kappa shape index (κ2) is 6.82. The van der Waals surface area contributed by atoms with Crippen molar-refractivity contribution >= 4 is 11.8 Å². The Morgan fingerprint density at radius 2 is 2.17 bits per heavy atom. The zero-order valence-corrected chi connectivity index (χ0v) is 13.8. The number of nitrogens with one attached hydrogen (secondary N) is 2. The first-order valence-corrected chi connectivity index (χ1v) is 8.08. The Hall–Kier alpha value is -2.70. The van der Waals surface area contributed by atoms with Gasteiger partial charge in [0.1, 0.15) is 12.4 Å². The van der Waals surface area contributed by atoms with E-state index in [0.29, 0.717) is 18.2 Å². The highest BCUT2D eigenvalue weighted by atomic mass is 16.2. The number of nitrogens with zero attached hydrogens (tertiary/aromatic N) is 3. The van der Waals surface area contributed by atoms with Gasteiger partial charge in [-0.15, -0.1) is 10.2 Å². The van der Waals surface area contributed by atoms with Gasteiger partial charge >= 0.3 is 0 Å². The van der Waals surface area contributed by atoms with Gasteiger partial charge in [-0.25, -0.2) is 0 Å². The van der Waals surface area contributed by atoms with E-state index in [9.17, 15) is 9.59 Å². The predicted octanol–water partition coefficient (Wildman–Crippen LogP) is 1.36. The lowest BCUT2D eigenvalue weighted by atomic mass is 10.1. The average Bonchev–Trinajstić information content (AvgIpc) is 3.30. The van der Waals surface area contributed by atoms with Gasteiger partial charge in [0.05, 0.1) is 6.54 Å². The van der Waals surface area contributed by atoms with E-state index < -0.39 is 6.04 Å². The summed E-state index contributed by atoms with van der Waals surface area (Å²) >= 11 is 0. The van der Waals surface area contributed by atoms with Crippen LogP contribution < -0.4 is 10.6 Å². The number of amides is 2. The quantitative estimate of drug-likeness (QED) is 0.838. The summed E-state index contributed by atoms with van der Waals surface area (Å²) in [5, 5.41) is 13.4. The molecule has 1 aromatic carbocycles. The summed E-state index contributed by atoms with van der Waals surface area (Å²) in [6, 6.07) is 7.09. The summed E-state index contributed by atoms with van der Waals surface area (Å²) in [4.78, 5) is 24.4. The van der Waals surface area contributed by atoms with Crippen LogP contribution in [-0.2, 0) is 11.3 Å². The molecule has 1 saturated carbocycles. The van der Waals surface area contributed by atoms with Crippen molar-refractivity contribution in [2.75, 3.05) is 0 Å². The van der Waals surface area contributed by atoms with Crippen LogP contribution in [0, 0.1) is 6.92 Å². The van der Waals surface area contributed by atoms with Crippen LogP contribution in [0.2, 0.25) is 0 Å². The molecule has 0 aliphatic heterocycles. The smallest absolute Gasteiger partial charge is 0.251 e. The lowest BCUT2D eigenvalue weighted by Crippen LogP contribution is -2.44. The molecule has 2 amide bonds. The minimum absolute atomic E-state index is 0.249. The van der Waals surface area contributed by atoms with Gasteiger partial charge in [0, 0.05) is 11.6 Å². The van der Waals surface area contributed by atoms with Gasteiger partial charge in [0.25, 0.3) is 5.91 Å². The second-order valence-corrected chi connectivity index (χ2v) is 6.17. The van der Waals surface area contributed by atoms with E-state index >= 15 is 0 Å². The highest BCUT2D eigenvalue weighted by molar-refractivity contribution is 5.97. The minimum atomic E-state index is -0.629. The average molecular weight is 327 g/mol. The van der Waals surface area contributed by atoms with Crippen LogP contribution in [-0.4, -0.2) is 32.6 Å². The molecule has 2 N–H and O–H groups in total. The number of carbonyl (C=O) groups is 2. The van der Waals surface area contributed by atoms with E-state index in [4.69, 9.17) is 0 Å². The molecule has 7 nitrogen and oxygen atoms in total. The van der Waals surface area contributed by atoms with Crippen molar-refractivity contribution in [2.24, 2.45) is 0 Å². The SMILES string of the molecule is Cc1cccc(C(=O)N[C@@H](C)C(=O)NCc2nncn2C2CC2)c1. The van der Waals surface area contributed by atoms with Crippen LogP contribution in [0.3, 0.4) is 0 Å². The summed E-state index contributed by atoms with van der Waals surface area (Å²) in [5.74, 6) is 0.229. The van der Waals surface area contributed by atoms with Gasteiger partial charge < -0.3 is 15.2 Å². The first-order chi connectivity index (χ1) is 11.5. The molecule has 0 bridgehead atoms. The maximum atomic E-state index is 12.2. The van der Waals surface area contributed by atoms with Gasteiger partial charge in [-0.3, -0.25) is 9.59 Å². The van der Waals surface area contributed by atoms with Gasteiger partial charge in [0.2, 0.25) is 5.91 Å². The van der Waals surface area contributed by atoms with Crippen molar-refractivity contribution in [3.8, 4) is 0 Å². The Kier molecular flexibility index (Phi) is 4.59. The molecule has 1 aromatic heterocycles. The maximum absolute atomic E-state index is 12.2. The molecule has 1 aliphatic carbocycles. The summed E-state index contributed by atoms with van der Waals surface area (Å²) in [6.07, 6.45) is 3.95. The molecule has 126 valence electrons. The lowest BCUT2D eigenvalue weighted by molar-refractivity contribution is -0.122. The summed E-state index contributed by atoms with van der Waals surface area (Å²) in [6.45, 7) is 3.89. The number of hydrogen-bond acceptors (Lipinski definition) is 4. The molecule has 1 atom stereocenters. The van der Waals surface area contributed by atoms with Crippen LogP contribution in [0.5, 0.6) is 0 Å². The molecule has 1 fully saturated rings. The molecule has 0 spiro atoms. The number of carbonyl (C=O) groups excluding carboxylic acids is 2. The molecule has 2 aromatic rings. The fraction of sp³-hybridized carbons (Fsp3) is 0.412. The van der Waals surface area contributed by atoms with Crippen molar-refractivity contribution < 1.29 is 9.59 Å². The van der Waals surface area contributed by atoms with Crippen molar-refractivity contribution in [3.63, 3.8) is 0 Å². The molecule has 1 heterocycles. The number of rotatable bonds is 6. The monoisotopic (exact) mass is 327 g/mol. The first kappa shape index (κ1) is 16.2. The van der Waals surface area contributed by atoms with Crippen molar-refractivity contribution in [3.05, 3.63) is 47.5 Å². The van der Waals surface area contributed by atoms with Crippen LogP contribution in [0.15, 0.2) is 30.6 Å². The van der Waals surface area contributed by atoms with E-state index in [0.717, 1.165) is 24.2 Å². The maximum Gasteiger partial charge on any atom is 0.251 e. The minimum Gasteiger partial charge on any atom is -0.347 e. The number of hydrogen-bond donors (Lipinski definition) is 2. The van der Waals surface area contributed by atoms with Crippen molar-refractivity contribution in [1.82, 2.24) is 25.4 Å². The Balaban J connectivity index is 1.53. The molecular weight excluding hydrogens is 306 g/mol. The summed E-state index contributed by atoms with van der Waals surface area (Å²) in [5.41, 5.74) is 1.54. The predicted molar refractivity (Wildman–Crippen MR) is 88.2 cm³/mol. The molecule has 0 radical (unpaired) electrons. The van der Waals surface area contributed by atoms with E-state index in [1.165, 1.54) is 0 Å². The van der Waals surface area contributed by atoms with Gasteiger partial charge in [-0.1, -0.05) is 17.7 Å². The Labute approximate surface area is 140 Å². The third-order valence-electron chi connectivity index (χ3n) is 4.03. The Bertz CT molecular complexity index is 751. The molecule has 3 rings (SSSR count). The van der Waals surface area contributed by atoms with Crippen LogP contribution >= 0.6 is 0 Å². The highest BCUT2D eigenvalue weighted by Gasteiger charge is 2.26. The van der Waals surface area contributed by atoms with Gasteiger partial charge in [0.15, 0.2) is 5.82 Å².